The van der Waals surface area contributed by atoms with Crippen molar-refractivity contribution in [3.8, 4) is 0 Å². The van der Waals surface area contributed by atoms with Crippen molar-refractivity contribution in [2.24, 2.45) is 0 Å². The van der Waals surface area contributed by atoms with Crippen molar-refractivity contribution < 1.29 is 19.5 Å². The van der Waals surface area contributed by atoms with E-state index in [-0.39, 0.29) is 13.1 Å². The number of rotatable bonds is 4. The normalized spacial score (nSPS) is 23.9. The van der Waals surface area contributed by atoms with Crippen LogP contribution in [-0.2, 0) is 9.59 Å². The fraction of sp³-hybridized carbons (Fsp3) is 0.786. The van der Waals surface area contributed by atoms with E-state index in [2.05, 4.69) is 10.6 Å². The van der Waals surface area contributed by atoms with Crippen LogP contribution in [0.15, 0.2) is 0 Å². The van der Waals surface area contributed by atoms with Crippen molar-refractivity contribution in [1.82, 2.24) is 15.5 Å². The Bertz CT molecular complexity index is 455. The van der Waals surface area contributed by atoms with Crippen molar-refractivity contribution in [2.45, 2.75) is 57.1 Å². The van der Waals surface area contributed by atoms with Gasteiger partial charge in [0.1, 0.15) is 12.1 Å². The molecule has 3 N–H and O–H groups in total. The van der Waals surface area contributed by atoms with Gasteiger partial charge in [-0.15, -0.1) is 0 Å². The second-order valence-corrected chi connectivity index (χ2v) is 6.51. The van der Waals surface area contributed by atoms with E-state index < -0.39 is 29.0 Å². The standard InChI is InChI=1S/C14H23N3O4/c1-13(2)11(19)17(12(20)16-13)8-10(18)15-9-14(21)6-4-3-5-7-14/h21H,3-9H2,1-2H3,(H,15,18)(H,16,20). The Kier molecular flexibility index (Phi) is 4.22. The number of hydrogen-bond donors (Lipinski definition) is 3. The Balaban J connectivity index is 1.85. The van der Waals surface area contributed by atoms with Crippen LogP contribution in [0, 0.1) is 0 Å². The number of nitrogens with zero attached hydrogens (tertiary/aromatic N) is 1. The fourth-order valence-electron chi connectivity index (χ4n) is 2.81. The summed E-state index contributed by atoms with van der Waals surface area (Å²) >= 11 is 0. The molecule has 0 aromatic heterocycles. The van der Waals surface area contributed by atoms with Gasteiger partial charge in [0.15, 0.2) is 0 Å². The summed E-state index contributed by atoms with van der Waals surface area (Å²) in [6.07, 6.45) is 4.35. The summed E-state index contributed by atoms with van der Waals surface area (Å²) in [5.41, 5.74) is -1.83. The molecule has 1 aliphatic carbocycles. The largest absolute Gasteiger partial charge is 0.388 e. The molecule has 0 aromatic carbocycles. The van der Waals surface area contributed by atoms with E-state index in [1.807, 2.05) is 0 Å². The van der Waals surface area contributed by atoms with Gasteiger partial charge in [0.25, 0.3) is 5.91 Å². The fourth-order valence-corrected chi connectivity index (χ4v) is 2.81. The lowest BCUT2D eigenvalue weighted by atomic mass is 9.85. The van der Waals surface area contributed by atoms with Crippen LogP contribution in [0.3, 0.4) is 0 Å². The molecule has 1 aliphatic heterocycles. The lowest BCUT2D eigenvalue weighted by Gasteiger charge is -2.32. The van der Waals surface area contributed by atoms with E-state index in [0.29, 0.717) is 12.8 Å². The molecule has 21 heavy (non-hydrogen) atoms. The molecule has 118 valence electrons. The average Bonchev–Trinajstić information content (AvgIpc) is 2.60. The molecular formula is C14H23N3O4. The van der Waals surface area contributed by atoms with E-state index in [1.165, 1.54) is 0 Å². The van der Waals surface area contributed by atoms with Gasteiger partial charge in [0.05, 0.1) is 5.60 Å². The van der Waals surface area contributed by atoms with E-state index in [1.54, 1.807) is 13.8 Å². The van der Waals surface area contributed by atoms with Gasteiger partial charge in [0.2, 0.25) is 5.91 Å². The molecule has 2 rings (SSSR count). The zero-order chi connectivity index (χ0) is 15.7. The van der Waals surface area contributed by atoms with Crippen LogP contribution in [0.5, 0.6) is 0 Å². The van der Waals surface area contributed by atoms with Crippen LogP contribution in [0.2, 0.25) is 0 Å². The minimum absolute atomic E-state index is 0.166. The van der Waals surface area contributed by atoms with Gasteiger partial charge in [-0.25, -0.2) is 4.79 Å². The van der Waals surface area contributed by atoms with E-state index in [0.717, 1.165) is 24.2 Å². The Labute approximate surface area is 124 Å². The number of hydrogen-bond acceptors (Lipinski definition) is 4. The minimum Gasteiger partial charge on any atom is -0.388 e. The monoisotopic (exact) mass is 297 g/mol. The van der Waals surface area contributed by atoms with E-state index >= 15 is 0 Å². The molecule has 4 amide bonds. The van der Waals surface area contributed by atoms with Gasteiger partial charge in [0, 0.05) is 6.54 Å². The van der Waals surface area contributed by atoms with E-state index in [4.69, 9.17) is 0 Å². The highest BCUT2D eigenvalue weighted by Crippen LogP contribution is 2.27. The topological polar surface area (TPSA) is 98.7 Å². The van der Waals surface area contributed by atoms with Crippen LogP contribution >= 0.6 is 0 Å². The van der Waals surface area contributed by atoms with Gasteiger partial charge in [-0.2, -0.15) is 0 Å². The Hall–Kier alpha value is -1.63. The van der Waals surface area contributed by atoms with Gasteiger partial charge >= 0.3 is 6.03 Å². The number of urea groups is 1. The van der Waals surface area contributed by atoms with Gasteiger partial charge < -0.3 is 15.7 Å². The predicted molar refractivity (Wildman–Crippen MR) is 75.4 cm³/mol. The van der Waals surface area contributed by atoms with Gasteiger partial charge in [-0.1, -0.05) is 19.3 Å². The lowest BCUT2D eigenvalue weighted by molar-refractivity contribution is -0.134. The molecule has 1 saturated carbocycles. The summed E-state index contributed by atoms with van der Waals surface area (Å²) in [6.45, 7) is 3.04. The van der Waals surface area contributed by atoms with E-state index in [9.17, 15) is 19.5 Å². The lowest BCUT2D eigenvalue weighted by Crippen LogP contribution is -2.48. The zero-order valence-corrected chi connectivity index (χ0v) is 12.6. The summed E-state index contributed by atoms with van der Waals surface area (Å²) in [7, 11) is 0. The molecule has 0 spiro atoms. The molecule has 2 aliphatic rings. The van der Waals surface area contributed by atoms with Crippen LogP contribution in [0.25, 0.3) is 0 Å². The highest BCUT2D eigenvalue weighted by Gasteiger charge is 2.45. The van der Waals surface area contributed by atoms with Crippen LogP contribution in [-0.4, -0.2) is 52.1 Å². The molecule has 0 radical (unpaired) electrons. The van der Waals surface area contributed by atoms with Crippen LogP contribution in [0.1, 0.15) is 46.0 Å². The summed E-state index contributed by atoms with van der Waals surface area (Å²) in [5, 5.41) is 15.4. The average molecular weight is 297 g/mol. The third-order valence-electron chi connectivity index (χ3n) is 4.15. The summed E-state index contributed by atoms with van der Waals surface area (Å²) < 4.78 is 0. The van der Waals surface area contributed by atoms with Gasteiger partial charge in [-0.3, -0.25) is 14.5 Å². The molecule has 2 fully saturated rings. The molecule has 0 aromatic rings. The third-order valence-corrected chi connectivity index (χ3v) is 4.15. The molecule has 0 bridgehead atoms. The number of imide groups is 1. The Morgan fingerprint density at radius 2 is 1.90 bits per heavy atom. The molecule has 1 saturated heterocycles. The van der Waals surface area contributed by atoms with Crippen molar-refractivity contribution in [1.29, 1.82) is 0 Å². The maximum atomic E-state index is 12.0. The Morgan fingerprint density at radius 3 is 2.43 bits per heavy atom. The van der Waals surface area contributed by atoms with Gasteiger partial charge in [-0.05, 0) is 26.7 Å². The first-order valence-electron chi connectivity index (χ1n) is 7.37. The SMILES string of the molecule is CC1(C)NC(=O)N(CC(=O)NCC2(O)CCCCC2)C1=O. The van der Waals surface area contributed by atoms with Crippen LogP contribution < -0.4 is 10.6 Å². The first-order chi connectivity index (χ1) is 9.73. The molecular weight excluding hydrogens is 274 g/mol. The number of aliphatic hydroxyl groups is 1. The zero-order valence-electron chi connectivity index (χ0n) is 12.6. The predicted octanol–water partition coefficient (Wildman–Crippen LogP) is 0.128. The second kappa shape index (κ2) is 5.63. The molecule has 7 heteroatoms. The van der Waals surface area contributed by atoms with Crippen molar-refractivity contribution >= 4 is 17.8 Å². The first-order valence-corrected chi connectivity index (χ1v) is 7.37. The number of carbonyl (C=O) groups is 3. The molecule has 7 nitrogen and oxygen atoms in total. The molecule has 0 unspecified atom stereocenters. The highest BCUT2D eigenvalue weighted by molar-refractivity contribution is 6.08. The Morgan fingerprint density at radius 1 is 1.29 bits per heavy atom. The highest BCUT2D eigenvalue weighted by atomic mass is 16.3. The van der Waals surface area contributed by atoms with Crippen molar-refractivity contribution in [3.05, 3.63) is 0 Å². The maximum absolute atomic E-state index is 12.0. The van der Waals surface area contributed by atoms with Crippen molar-refractivity contribution in [2.75, 3.05) is 13.1 Å². The second-order valence-electron chi connectivity index (χ2n) is 6.51. The third kappa shape index (κ3) is 3.53. The molecule has 0 atom stereocenters. The number of nitrogens with one attached hydrogen (secondary N) is 2. The van der Waals surface area contributed by atoms with Crippen molar-refractivity contribution in [3.63, 3.8) is 0 Å². The summed E-state index contributed by atoms with van der Waals surface area (Å²) in [5.74, 6) is -0.853. The quantitative estimate of drug-likeness (QED) is 0.642. The molecule has 1 heterocycles. The summed E-state index contributed by atoms with van der Waals surface area (Å²) in [4.78, 5) is 36.4. The first kappa shape index (κ1) is 15.8. The smallest absolute Gasteiger partial charge is 0.325 e. The minimum atomic E-state index is -0.973. The summed E-state index contributed by atoms with van der Waals surface area (Å²) in [6, 6.07) is -0.559. The van der Waals surface area contributed by atoms with Crippen LogP contribution in [0.4, 0.5) is 4.79 Å². The number of amides is 4. The number of carbonyl (C=O) groups excluding carboxylic acids is 3. The maximum Gasteiger partial charge on any atom is 0.325 e.